The van der Waals surface area contributed by atoms with Crippen LogP contribution < -0.4 is 16.4 Å². The molecular formula is C23H30N6O2S. The van der Waals surface area contributed by atoms with Crippen molar-refractivity contribution in [2.45, 2.75) is 44.5 Å². The molecule has 4 N–H and O–H groups in total. The van der Waals surface area contributed by atoms with E-state index >= 15 is 0 Å². The van der Waals surface area contributed by atoms with Gasteiger partial charge in [0.25, 0.3) is 5.91 Å². The Morgan fingerprint density at radius 3 is 2.97 bits per heavy atom. The van der Waals surface area contributed by atoms with Crippen molar-refractivity contribution < 1.29 is 9.59 Å². The normalized spacial score (nSPS) is 21.5. The van der Waals surface area contributed by atoms with Crippen LogP contribution in [0, 0.1) is 6.92 Å². The number of carbonyl (C=O) groups is 2. The van der Waals surface area contributed by atoms with Gasteiger partial charge in [0.2, 0.25) is 11.9 Å². The first-order valence-corrected chi connectivity index (χ1v) is 11.9. The topological polar surface area (TPSA) is 105 Å². The van der Waals surface area contributed by atoms with E-state index in [4.69, 9.17) is 10.7 Å². The number of fused-ring (bicyclic) bond motifs is 1. The maximum absolute atomic E-state index is 12.9. The second-order valence-electron chi connectivity index (χ2n) is 8.21. The fourth-order valence-electron chi connectivity index (χ4n) is 4.30. The molecule has 0 radical (unpaired) electrons. The fourth-order valence-corrected chi connectivity index (χ4v) is 5.11. The van der Waals surface area contributed by atoms with E-state index in [1.165, 1.54) is 11.8 Å². The first-order valence-electron chi connectivity index (χ1n) is 11.0. The average molecular weight is 455 g/mol. The summed E-state index contributed by atoms with van der Waals surface area (Å²) in [4.78, 5) is 32.9. The molecule has 2 amide bonds. The number of aromatic nitrogens is 2. The van der Waals surface area contributed by atoms with E-state index in [1.54, 1.807) is 18.4 Å². The zero-order chi connectivity index (χ0) is 22.7. The number of likely N-dealkylation sites (tertiary alicyclic amines) is 1. The molecule has 1 aromatic heterocycles. The summed E-state index contributed by atoms with van der Waals surface area (Å²) in [6.07, 6.45) is 7.84. The molecule has 2 aromatic rings. The van der Waals surface area contributed by atoms with Crippen molar-refractivity contribution in [3.05, 3.63) is 47.0 Å². The third-order valence-electron chi connectivity index (χ3n) is 5.83. The van der Waals surface area contributed by atoms with Crippen molar-refractivity contribution in [2.24, 2.45) is 5.73 Å². The number of hydrogen-bond acceptors (Lipinski definition) is 6. The average Bonchev–Trinajstić information content (AvgIpc) is 3.28. The summed E-state index contributed by atoms with van der Waals surface area (Å²) >= 11 is 1.49. The largest absolute Gasteiger partial charge is 0.378 e. The second kappa shape index (κ2) is 9.79. The minimum atomic E-state index is -0.173. The summed E-state index contributed by atoms with van der Waals surface area (Å²) in [6, 6.07) is 6.00. The number of imidazole rings is 1. The Kier molecular flexibility index (Phi) is 6.86. The van der Waals surface area contributed by atoms with E-state index in [9.17, 15) is 9.59 Å². The van der Waals surface area contributed by atoms with Gasteiger partial charge in [-0.15, -0.1) is 0 Å². The van der Waals surface area contributed by atoms with Crippen LogP contribution in [0.4, 0.5) is 5.95 Å². The number of amides is 2. The Bertz CT molecular complexity index is 1080. The molecule has 0 aliphatic carbocycles. The van der Waals surface area contributed by atoms with E-state index in [-0.39, 0.29) is 23.2 Å². The second-order valence-corrected chi connectivity index (χ2v) is 9.59. The van der Waals surface area contributed by atoms with Crippen molar-refractivity contribution in [2.75, 3.05) is 25.0 Å². The molecule has 32 heavy (non-hydrogen) atoms. The highest BCUT2D eigenvalue weighted by molar-refractivity contribution is 8.04. The standard InChI is InChI=1S/C23H30N6O2S/c1-15-7-5-9-18-21(15)29(23(26-18)27-22(31)19-13-25-16(2)32-19)17-8-3-4-12-28(14-17)20(30)10-6-11-24/h5-7,9-10,13,16-17,25H,3-4,8,11-12,14,24H2,1-2H3,(H,26,27,31)/b10-6+. The van der Waals surface area contributed by atoms with Crippen molar-refractivity contribution >= 4 is 40.6 Å². The fraction of sp³-hybridized carbons (Fsp3) is 0.435. The number of hydrogen-bond donors (Lipinski definition) is 3. The maximum atomic E-state index is 12.9. The first kappa shape index (κ1) is 22.4. The lowest BCUT2D eigenvalue weighted by Gasteiger charge is -2.26. The van der Waals surface area contributed by atoms with Crippen molar-refractivity contribution in [3.63, 3.8) is 0 Å². The van der Waals surface area contributed by atoms with Crippen LogP contribution in [0.1, 0.15) is 37.8 Å². The third-order valence-corrected chi connectivity index (χ3v) is 6.88. The van der Waals surface area contributed by atoms with Crippen LogP contribution in [-0.4, -0.2) is 51.3 Å². The van der Waals surface area contributed by atoms with Crippen LogP contribution in [0.5, 0.6) is 0 Å². The Morgan fingerprint density at radius 2 is 2.22 bits per heavy atom. The van der Waals surface area contributed by atoms with E-state index in [2.05, 4.69) is 28.2 Å². The molecular weight excluding hydrogens is 424 g/mol. The van der Waals surface area contributed by atoms with Gasteiger partial charge in [-0.05, 0) is 44.7 Å². The summed E-state index contributed by atoms with van der Waals surface area (Å²) in [5.74, 6) is 0.326. The van der Waals surface area contributed by atoms with Gasteiger partial charge in [0, 0.05) is 31.9 Å². The van der Waals surface area contributed by atoms with Crippen LogP contribution in [-0.2, 0) is 9.59 Å². The summed E-state index contributed by atoms with van der Waals surface area (Å²) in [5.41, 5.74) is 8.45. The number of carbonyl (C=O) groups excluding carboxylic acids is 2. The van der Waals surface area contributed by atoms with E-state index in [0.717, 1.165) is 35.9 Å². The van der Waals surface area contributed by atoms with Gasteiger partial charge >= 0.3 is 0 Å². The third kappa shape index (κ3) is 4.68. The maximum Gasteiger partial charge on any atom is 0.265 e. The molecule has 0 saturated carbocycles. The van der Waals surface area contributed by atoms with Crippen molar-refractivity contribution in [1.82, 2.24) is 19.8 Å². The van der Waals surface area contributed by atoms with Crippen molar-refractivity contribution in [3.8, 4) is 0 Å². The number of nitrogens with two attached hydrogens (primary N) is 1. The number of nitrogens with zero attached hydrogens (tertiary/aromatic N) is 3. The summed E-state index contributed by atoms with van der Waals surface area (Å²) in [5, 5.41) is 6.35. The molecule has 0 spiro atoms. The van der Waals surface area contributed by atoms with E-state index < -0.39 is 0 Å². The number of rotatable bonds is 5. The summed E-state index contributed by atoms with van der Waals surface area (Å²) < 4.78 is 2.12. The Morgan fingerprint density at radius 1 is 1.38 bits per heavy atom. The molecule has 8 nitrogen and oxygen atoms in total. The lowest BCUT2D eigenvalue weighted by Crippen LogP contribution is -2.34. The van der Waals surface area contributed by atoms with Gasteiger partial charge in [0.1, 0.15) is 0 Å². The lowest BCUT2D eigenvalue weighted by molar-refractivity contribution is -0.126. The van der Waals surface area contributed by atoms with Crippen molar-refractivity contribution in [1.29, 1.82) is 0 Å². The predicted octanol–water partition coefficient (Wildman–Crippen LogP) is 2.88. The lowest BCUT2D eigenvalue weighted by atomic mass is 10.1. The van der Waals surface area contributed by atoms with Gasteiger partial charge < -0.3 is 20.5 Å². The number of para-hydroxylation sites is 1. The van der Waals surface area contributed by atoms with Gasteiger partial charge in [-0.25, -0.2) is 4.98 Å². The molecule has 2 aliphatic heterocycles. The minimum Gasteiger partial charge on any atom is -0.378 e. The number of nitrogens with one attached hydrogen (secondary N) is 2. The number of anilines is 1. The molecule has 0 bridgehead atoms. The van der Waals surface area contributed by atoms with Gasteiger partial charge in [0.15, 0.2) is 0 Å². The molecule has 1 aromatic carbocycles. The zero-order valence-corrected chi connectivity index (χ0v) is 19.3. The van der Waals surface area contributed by atoms with Gasteiger partial charge in [-0.1, -0.05) is 30.0 Å². The highest BCUT2D eigenvalue weighted by Gasteiger charge is 2.28. The van der Waals surface area contributed by atoms with Crippen LogP contribution in [0.15, 0.2) is 41.5 Å². The Hall–Kier alpha value is -2.78. The van der Waals surface area contributed by atoms with E-state index in [1.807, 2.05) is 24.0 Å². The number of benzene rings is 1. The molecule has 4 rings (SSSR count). The molecule has 2 aliphatic rings. The Labute approximate surface area is 192 Å². The zero-order valence-electron chi connectivity index (χ0n) is 18.5. The number of aryl methyl sites for hydroxylation is 1. The molecule has 1 saturated heterocycles. The number of thioether (sulfide) groups is 1. The minimum absolute atomic E-state index is 0.0105. The predicted molar refractivity (Wildman–Crippen MR) is 129 cm³/mol. The summed E-state index contributed by atoms with van der Waals surface area (Å²) in [7, 11) is 0. The quantitative estimate of drug-likeness (QED) is 0.600. The molecule has 2 unspecified atom stereocenters. The first-order chi connectivity index (χ1) is 15.5. The molecule has 9 heteroatoms. The molecule has 1 fully saturated rings. The van der Waals surface area contributed by atoms with Crippen LogP contribution >= 0.6 is 11.8 Å². The Balaban J connectivity index is 1.69. The van der Waals surface area contributed by atoms with Crippen LogP contribution in [0.25, 0.3) is 11.0 Å². The molecule has 3 heterocycles. The van der Waals surface area contributed by atoms with Gasteiger partial charge in [0.05, 0.1) is 27.4 Å². The molecule has 170 valence electrons. The smallest absolute Gasteiger partial charge is 0.265 e. The monoisotopic (exact) mass is 454 g/mol. The highest BCUT2D eigenvalue weighted by atomic mass is 32.2. The van der Waals surface area contributed by atoms with Gasteiger partial charge in [-0.3, -0.25) is 14.9 Å². The molecule has 2 atom stereocenters. The highest BCUT2D eigenvalue weighted by Crippen LogP contribution is 2.33. The van der Waals surface area contributed by atoms with Crippen LogP contribution in [0.2, 0.25) is 0 Å². The van der Waals surface area contributed by atoms with Gasteiger partial charge in [-0.2, -0.15) is 0 Å². The summed E-state index contributed by atoms with van der Waals surface area (Å²) in [6.45, 7) is 5.68. The van der Waals surface area contributed by atoms with Crippen LogP contribution in [0.3, 0.4) is 0 Å². The van der Waals surface area contributed by atoms with E-state index in [0.29, 0.717) is 30.5 Å². The SMILES string of the molecule is Cc1cccc2nc(NC(=O)C3=CNC(C)S3)n(C3CCCCN(C(=O)/C=C/CN)C3)c12.